The summed E-state index contributed by atoms with van der Waals surface area (Å²) in [4.78, 5) is 5.10. The fraction of sp³-hybridized carbons (Fsp3) is 0.154. The zero-order valence-electron chi connectivity index (χ0n) is 9.28. The Bertz CT molecular complexity index is 513. The predicted octanol–water partition coefficient (Wildman–Crippen LogP) is 4.65. The maximum Gasteiger partial charge on any atom is 0.142 e. The van der Waals surface area contributed by atoms with Crippen LogP contribution in [0.4, 0.5) is 4.39 Å². The van der Waals surface area contributed by atoms with Gasteiger partial charge in [0, 0.05) is 16.7 Å². The van der Waals surface area contributed by atoms with E-state index in [4.69, 9.17) is 11.6 Å². The van der Waals surface area contributed by atoms with Crippen LogP contribution in [-0.4, -0.2) is 10.7 Å². The lowest BCUT2D eigenvalue weighted by molar-refractivity contribution is 0.628. The predicted molar refractivity (Wildman–Crippen MR) is 71.0 cm³/mol. The highest BCUT2D eigenvalue weighted by Gasteiger charge is 2.05. The van der Waals surface area contributed by atoms with Crippen molar-refractivity contribution in [2.75, 3.05) is 5.75 Å². The highest BCUT2D eigenvalue weighted by Crippen LogP contribution is 2.29. The molecule has 0 bridgehead atoms. The standard InChI is InChI=1S/C13H11ClFNS/c1-2-17-12-7-10(8-16-13(12)14)9-3-5-11(15)6-4-9/h3-8H,2H2,1H3. The summed E-state index contributed by atoms with van der Waals surface area (Å²) in [7, 11) is 0. The van der Waals surface area contributed by atoms with Crippen molar-refractivity contribution in [1.82, 2.24) is 4.98 Å². The number of hydrogen-bond acceptors (Lipinski definition) is 2. The molecule has 0 saturated carbocycles. The number of aromatic nitrogens is 1. The average molecular weight is 268 g/mol. The SMILES string of the molecule is CCSc1cc(-c2ccc(F)cc2)cnc1Cl. The molecule has 88 valence electrons. The van der Waals surface area contributed by atoms with Gasteiger partial charge in [-0.1, -0.05) is 30.7 Å². The Morgan fingerprint density at radius 3 is 2.59 bits per heavy atom. The van der Waals surface area contributed by atoms with Gasteiger partial charge >= 0.3 is 0 Å². The highest BCUT2D eigenvalue weighted by molar-refractivity contribution is 7.99. The summed E-state index contributed by atoms with van der Waals surface area (Å²) in [6, 6.07) is 8.34. The van der Waals surface area contributed by atoms with Gasteiger partial charge in [-0.15, -0.1) is 11.8 Å². The van der Waals surface area contributed by atoms with E-state index in [9.17, 15) is 4.39 Å². The molecule has 0 N–H and O–H groups in total. The molecule has 0 aliphatic carbocycles. The van der Waals surface area contributed by atoms with Crippen LogP contribution in [-0.2, 0) is 0 Å². The lowest BCUT2D eigenvalue weighted by atomic mass is 10.1. The smallest absolute Gasteiger partial charge is 0.142 e. The van der Waals surface area contributed by atoms with Gasteiger partial charge in [-0.3, -0.25) is 0 Å². The molecule has 0 aliphatic rings. The number of rotatable bonds is 3. The van der Waals surface area contributed by atoms with Crippen LogP contribution in [0.25, 0.3) is 11.1 Å². The molecular weight excluding hydrogens is 257 g/mol. The van der Waals surface area contributed by atoms with Gasteiger partial charge in [-0.25, -0.2) is 9.37 Å². The third-order valence-corrected chi connectivity index (χ3v) is 3.61. The maximum atomic E-state index is 12.8. The highest BCUT2D eigenvalue weighted by atomic mass is 35.5. The third kappa shape index (κ3) is 2.99. The normalized spacial score (nSPS) is 10.5. The van der Waals surface area contributed by atoms with Crippen molar-refractivity contribution >= 4 is 23.4 Å². The molecule has 0 fully saturated rings. The first-order chi connectivity index (χ1) is 8.20. The van der Waals surface area contributed by atoms with E-state index in [-0.39, 0.29) is 5.82 Å². The number of hydrogen-bond donors (Lipinski definition) is 0. The molecule has 0 spiro atoms. The molecule has 2 rings (SSSR count). The molecule has 0 unspecified atom stereocenters. The zero-order chi connectivity index (χ0) is 12.3. The van der Waals surface area contributed by atoms with Crippen molar-refractivity contribution < 1.29 is 4.39 Å². The summed E-state index contributed by atoms with van der Waals surface area (Å²) in [5.41, 5.74) is 1.89. The van der Waals surface area contributed by atoms with Gasteiger partial charge in [-0.05, 0) is 29.5 Å². The number of halogens is 2. The van der Waals surface area contributed by atoms with E-state index < -0.39 is 0 Å². The molecule has 0 amide bonds. The Labute approximate surface area is 109 Å². The number of pyridine rings is 1. The van der Waals surface area contributed by atoms with Crippen molar-refractivity contribution in [1.29, 1.82) is 0 Å². The minimum Gasteiger partial charge on any atom is -0.243 e. The molecule has 0 atom stereocenters. The van der Waals surface area contributed by atoms with E-state index in [1.165, 1.54) is 12.1 Å². The second-order valence-corrected chi connectivity index (χ2v) is 5.12. The van der Waals surface area contributed by atoms with Crippen LogP contribution in [0.5, 0.6) is 0 Å². The van der Waals surface area contributed by atoms with Gasteiger partial charge < -0.3 is 0 Å². The molecule has 1 nitrogen and oxygen atoms in total. The lowest BCUT2D eigenvalue weighted by Gasteiger charge is -2.05. The Morgan fingerprint density at radius 1 is 1.24 bits per heavy atom. The zero-order valence-corrected chi connectivity index (χ0v) is 10.9. The molecule has 1 aromatic carbocycles. The van der Waals surface area contributed by atoms with Gasteiger partial charge in [0.05, 0.1) is 0 Å². The van der Waals surface area contributed by atoms with Crippen LogP contribution in [0.3, 0.4) is 0 Å². The number of benzene rings is 1. The van der Waals surface area contributed by atoms with Gasteiger partial charge in [0.25, 0.3) is 0 Å². The van der Waals surface area contributed by atoms with E-state index in [0.717, 1.165) is 21.8 Å². The van der Waals surface area contributed by atoms with E-state index in [1.807, 2.05) is 6.07 Å². The summed E-state index contributed by atoms with van der Waals surface area (Å²) >= 11 is 7.64. The minimum atomic E-state index is -0.237. The van der Waals surface area contributed by atoms with E-state index in [1.54, 1.807) is 30.1 Å². The van der Waals surface area contributed by atoms with Crippen LogP contribution < -0.4 is 0 Å². The van der Waals surface area contributed by atoms with Gasteiger partial charge in [0.2, 0.25) is 0 Å². The first kappa shape index (κ1) is 12.4. The van der Waals surface area contributed by atoms with Gasteiger partial charge in [0.15, 0.2) is 0 Å². The van der Waals surface area contributed by atoms with Crippen LogP contribution in [0.2, 0.25) is 5.15 Å². The Hall–Kier alpha value is -1.06. The molecule has 1 aromatic heterocycles. The monoisotopic (exact) mass is 267 g/mol. The quantitative estimate of drug-likeness (QED) is 0.593. The summed E-state index contributed by atoms with van der Waals surface area (Å²) in [5, 5.41) is 0.516. The van der Waals surface area contributed by atoms with Crippen molar-refractivity contribution in [3.63, 3.8) is 0 Å². The van der Waals surface area contributed by atoms with Crippen LogP contribution in [0.15, 0.2) is 41.4 Å². The van der Waals surface area contributed by atoms with Crippen molar-refractivity contribution in [3.8, 4) is 11.1 Å². The van der Waals surface area contributed by atoms with Crippen LogP contribution >= 0.6 is 23.4 Å². The largest absolute Gasteiger partial charge is 0.243 e. The second-order valence-electron chi connectivity index (χ2n) is 3.45. The molecular formula is C13H11ClFNS. The second kappa shape index (κ2) is 5.52. The van der Waals surface area contributed by atoms with Crippen LogP contribution in [0.1, 0.15) is 6.92 Å². The number of thioether (sulfide) groups is 1. The topological polar surface area (TPSA) is 12.9 Å². The molecule has 0 saturated heterocycles. The molecule has 17 heavy (non-hydrogen) atoms. The van der Waals surface area contributed by atoms with E-state index in [2.05, 4.69) is 11.9 Å². The first-order valence-electron chi connectivity index (χ1n) is 5.25. The first-order valence-corrected chi connectivity index (χ1v) is 6.61. The van der Waals surface area contributed by atoms with E-state index >= 15 is 0 Å². The lowest BCUT2D eigenvalue weighted by Crippen LogP contribution is -1.85. The Balaban J connectivity index is 2.39. The van der Waals surface area contributed by atoms with Crippen molar-refractivity contribution in [2.24, 2.45) is 0 Å². The van der Waals surface area contributed by atoms with Crippen molar-refractivity contribution in [3.05, 3.63) is 47.5 Å². The maximum absolute atomic E-state index is 12.8. The summed E-state index contributed by atoms with van der Waals surface area (Å²) in [6.07, 6.45) is 1.70. The number of nitrogens with zero attached hydrogens (tertiary/aromatic N) is 1. The minimum absolute atomic E-state index is 0.237. The van der Waals surface area contributed by atoms with E-state index in [0.29, 0.717) is 5.15 Å². The fourth-order valence-corrected chi connectivity index (χ4v) is 2.44. The Morgan fingerprint density at radius 2 is 1.94 bits per heavy atom. The fourth-order valence-electron chi connectivity index (χ4n) is 1.48. The molecule has 0 aliphatic heterocycles. The average Bonchev–Trinajstić information content (AvgIpc) is 2.33. The summed E-state index contributed by atoms with van der Waals surface area (Å²) in [6.45, 7) is 2.06. The third-order valence-electron chi connectivity index (χ3n) is 2.28. The van der Waals surface area contributed by atoms with Crippen molar-refractivity contribution in [2.45, 2.75) is 11.8 Å². The Kier molecular flexibility index (Phi) is 4.02. The molecule has 1 heterocycles. The molecule has 4 heteroatoms. The van der Waals surface area contributed by atoms with Gasteiger partial charge in [-0.2, -0.15) is 0 Å². The molecule has 0 radical (unpaired) electrons. The summed E-state index contributed by atoms with van der Waals surface area (Å²) in [5.74, 6) is 0.702. The molecule has 2 aromatic rings. The van der Waals surface area contributed by atoms with Crippen LogP contribution in [0, 0.1) is 5.82 Å². The van der Waals surface area contributed by atoms with Gasteiger partial charge in [0.1, 0.15) is 11.0 Å². The summed E-state index contributed by atoms with van der Waals surface area (Å²) < 4.78 is 12.8.